The van der Waals surface area contributed by atoms with Gasteiger partial charge in [0.05, 0.1) is 19.1 Å². The van der Waals surface area contributed by atoms with E-state index >= 15 is 0 Å². The molecule has 9 heteroatoms. The molecule has 35 heavy (non-hydrogen) atoms. The Bertz CT molecular complexity index is 1100. The molecule has 1 atom stereocenters. The second-order valence-corrected chi connectivity index (χ2v) is 10.6. The van der Waals surface area contributed by atoms with Crippen molar-refractivity contribution in [2.45, 2.75) is 52.6 Å². The molecule has 2 amide bonds. The van der Waals surface area contributed by atoms with Crippen LogP contribution >= 0.6 is 0 Å². The second kappa shape index (κ2) is 12.6. The maximum absolute atomic E-state index is 13.3. The molecule has 0 heterocycles. The highest BCUT2D eigenvalue weighted by atomic mass is 32.2. The van der Waals surface area contributed by atoms with Gasteiger partial charge in [-0.1, -0.05) is 25.1 Å². The van der Waals surface area contributed by atoms with E-state index in [-0.39, 0.29) is 31.3 Å². The van der Waals surface area contributed by atoms with E-state index < -0.39 is 16.1 Å². The van der Waals surface area contributed by atoms with Crippen molar-refractivity contribution in [3.8, 4) is 5.75 Å². The van der Waals surface area contributed by atoms with Crippen molar-refractivity contribution in [2.75, 3.05) is 31.3 Å². The Hall–Kier alpha value is -3.07. The Labute approximate surface area is 209 Å². The Morgan fingerprint density at radius 3 is 2.14 bits per heavy atom. The topological polar surface area (TPSA) is 96.0 Å². The van der Waals surface area contributed by atoms with Gasteiger partial charge >= 0.3 is 0 Å². The van der Waals surface area contributed by atoms with Crippen molar-refractivity contribution in [3.05, 3.63) is 59.2 Å². The molecular formula is C26H37N3O5S. The molecule has 0 radical (unpaired) electrons. The lowest BCUT2D eigenvalue weighted by molar-refractivity contribution is -0.141. The molecule has 2 aromatic carbocycles. The maximum atomic E-state index is 13.3. The third-order valence-corrected chi connectivity index (χ3v) is 6.98. The monoisotopic (exact) mass is 503 g/mol. The highest BCUT2D eigenvalue weighted by Crippen LogP contribution is 2.23. The van der Waals surface area contributed by atoms with Crippen LogP contribution in [-0.4, -0.2) is 58.1 Å². The van der Waals surface area contributed by atoms with Crippen LogP contribution in [0.1, 0.15) is 42.9 Å². The molecule has 2 aromatic rings. The number of anilines is 1. The molecule has 2 rings (SSSR count). The van der Waals surface area contributed by atoms with Crippen LogP contribution in [0.15, 0.2) is 42.5 Å². The Balaban J connectivity index is 2.21. The number of hydrogen-bond acceptors (Lipinski definition) is 5. The molecule has 1 N–H and O–H groups in total. The Morgan fingerprint density at radius 2 is 1.66 bits per heavy atom. The highest BCUT2D eigenvalue weighted by molar-refractivity contribution is 7.92. The number of aryl methyl sites for hydroxylation is 2. The number of benzene rings is 2. The minimum Gasteiger partial charge on any atom is -0.497 e. The summed E-state index contributed by atoms with van der Waals surface area (Å²) < 4.78 is 31.6. The van der Waals surface area contributed by atoms with E-state index in [9.17, 15) is 18.0 Å². The first-order valence-corrected chi connectivity index (χ1v) is 13.5. The van der Waals surface area contributed by atoms with Gasteiger partial charge < -0.3 is 15.0 Å². The van der Waals surface area contributed by atoms with E-state index in [1.165, 1.54) is 10.6 Å². The molecule has 0 aliphatic carbocycles. The minimum absolute atomic E-state index is 0.112. The van der Waals surface area contributed by atoms with Crippen molar-refractivity contribution in [2.24, 2.45) is 0 Å². The first kappa shape index (κ1) is 28.2. The van der Waals surface area contributed by atoms with Crippen LogP contribution in [0.25, 0.3) is 0 Å². The molecule has 0 saturated heterocycles. The molecule has 0 bridgehead atoms. The van der Waals surface area contributed by atoms with E-state index in [1.54, 1.807) is 19.1 Å². The van der Waals surface area contributed by atoms with Crippen LogP contribution in [0.5, 0.6) is 5.75 Å². The summed E-state index contributed by atoms with van der Waals surface area (Å²) in [7, 11) is -0.396. The van der Waals surface area contributed by atoms with Crippen LogP contribution in [0.3, 0.4) is 0 Å². The van der Waals surface area contributed by atoms with Crippen LogP contribution in [0, 0.1) is 13.8 Å². The van der Waals surface area contributed by atoms with Gasteiger partial charge in [0.15, 0.2) is 0 Å². The summed E-state index contributed by atoms with van der Waals surface area (Å²) in [5, 5.41) is 2.64. The van der Waals surface area contributed by atoms with Gasteiger partial charge in [0, 0.05) is 26.6 Å². The lowest BCUT2D eigenvalue weighted by atomic mass is 10.1. The third-order valence-electron chi connectivity index (χ3n) is 5.79. The van der Waals surface area contributed by atoms with Gasteiger partial charge in [0.2, 0.25) is 21.8 Å². The summed E-state index contributed by atoms with van der Waals surface area (Å²) in [6.07, 6.45) is 2.06. The molecule has 0 aliphatic heterocycles. The van der Waals surface area contributed by atoms with Crippen LogP contribution in [-0.2, 0) is 26.2 Å². The first-order valence-electron chi connectivity index (χ1n) is 11.7. The number of carbonyl (C=O) groups is 2. The van der Waals surface area contributed by atoms with Crippen molar-refractivity contribution < 1.29 is 22.7 Å². The van der Waals surface area contributed by atoms with Gasteiger partial charge in [-0.05, 0) is 67.6 Å². The number of nitrogens with zero attached hydrogens (tertiary/aromatic N) is 2. The van der Waals surface area contributed by atoms with Gasteiger partial charge in [-0.3, -0.25) is 13.9 Å². The summed E-state index contributed by atoms with van der Waals surface area (Å²) in [6, 6.07) is 12.4. The number of methoxy groups -OCH3 is 1. The van der Waals surface area contributed by atoms with Crippen LogP contribution in [0.2, 0.25) is 0 Å². The van der Waals surface area contributed by atoms with E-state index in [0.717, 1.165) is 16.7 Å². The Kier molecular flexibility index (Phi) is 10.1. The van der Waals surface area contributed by atoms with E-state index in [0.29, 0.717) is 24.3 Å². The van der Waals surface area contributed by atoms with Gasteiger partial charge in [-0.15, -0.1) is 0 Å². The molecule has 192 valence electrons. The average Bonchev–Trinajstić information content (AvgIpc) is 2.80. The molecule has 8 nitrogen and oxygen atoms in total. The number of ether oxygens (including phenoxy) is 1. The normalized spacial score (nSPS) is 12.1. The standard InChI is InChI=1S/C26H37N3O5S/c1-7-24(26(31)27-4)28(18-21-10-12-23(34-5)13-11-21)25(30)9-8-14-29(35(6,32)33)22-16-19(2)15-20(3)17-22/h10-13,15-17,24H,7-9,14,18H2,1-6H3,(H,27,31)/t24-/m0/s1. The molecule has 0 saturated carbocycles. The lowest BCUT2D eigenvalue weighted by Crippen LogP contribution is -2.48. The predicted octanol–water partition coefficient (Wildman–Crippen LogP) is 3.41. The second-order valence-electron chi connectivity index (χ2n) is 8.69. The molecule has 0 aliphatic rings. The van der Waals surface area contributed by atoms with Gasteiger partial charge in [-0.25, -0.2) is 8.42 Å². The van der Waals surface area contributed by atoms with Crippen molar-refractivity contribution in [1.29, 1.82) is 0 Å². The highest BCUT2D eigenvalue weighted by Gasteiger charge is 2.28. The van der Waals surface area contributed by atoms with Gasteiger partial charge in [-0.2, -0.15) is 0 Å². The molecule has 0 aromatic heterocycles. The summed E-state index contributed by atoms with van der Waals surface area (Å²) in [6.45, 7) is 6.13. The smallest absolute Gasteiger partial charge is 0.242 e. The fraction of sp³-hybridized carbons (Fsp3) is 0.462. The third kappa shape index (κ3) is 7.99. The average molecular weight is 504 g/mol. The summed E-state index contributed by atoms with van der Waals surface area (Å²) in [5.74, 6) is 0.268. The zero-order valence-corrected chi connectivity index (χ0v) is 22.3. The number of rotatable bonds is 12. The number of nitrogens with one attached hydrogen (secondary N) is 1. The minimum atomic E-state index is -3.53. The number of sulfonamides is 1. The number of carbonyl (C=O) groups excluding carboxylic acids is 2. The van der Waals surface area contributed by atoms with E-state index in [4.69, 9.17) is 4.74 Å². The molecule has 0 spiro atoms. The SMILES string of the molecule is CC[C@@H](C(=O)NC)N(Cc1ccc(OC)cc1)C(=O)CCCN(c1cc(C)cc(C)c1)S(C)(=O)=O. The Morgan fingerprint density at radius 1 is 1.06 bits per heavy atom. The number of hydrogen-bond donors (Lipinski definition) is 1. The van der Waals surface area contributed by atoms with Crippen molar-refractivity contribution in [3.63, 3.8) is 0 Å². The van der Waals surface area contributed by atoms with Gasteiger partial charge in [0.1, 0.15) is 11.8 Å². The summed E-state index contributed by atoms with van der Waals surface area (Å²) in [5.41, 5.74) is 3.39. The first-order chi connectivity index (χ1) is 16.5. The summed E-state index contributed by atoms with van der Waals surface area (Å²) >= 11 is 0. The lowest BCUT2D eigenvalue weighted by Gasteiger charge is -2.31. The molecular weight excluding hydrogens is 466 g/mol. The maximum Gasteiger partial charge on any atom is 0.242 e. The zero-order chi connectivity index (χ0) is 26.2. The van der Waals surface area contributed by atoms with Crippen molar-refractivity contribution >= 4 is 27.5 Å². The number of likely N-dealkylation sites (N-methyl/N-ethyl adjacent to an activating group) is 1. The van der Waals surface area contributed by atoms with E-state index in [1.807, 2.05) is 63.2 Å². The van der Waals surface area contributed by atoms with Crippen LogP contribution in [0.4, 0.5) is 5.69 Å². The van der Waals surface area contributed by atoms with Crippen LogP contribution < -0.4 is 14.4 Å². The van der Waals surface area contributed by atoms with Crippen molar-refractivity contribution in [1.82, 2.24) is 10.2 Å². The predicted molar refractivity (Wildman–Crippen MR) is 139 cm³/mol. The van der Waals surface area contributed by atoms with Gasteiger partial charge in [0.25, 0.3) is 0 Å². The quantitative estimate of drug-likeness (QED) is 0.479. The number of amides is 2. The largest absolute Gasteiger partial charge is 0.497 e. The summed E-state index contributed by atoms with van der Waals surface area (Å²) in [4.78, 5) is 27.4. The fourth-order valence-corrected chi connectivity index (χ4v) is 5.06. The van der Waals surface area contributed by atoms with E-state index in [2.05, 4.69) is 5.32 Å². The zero-order valence-electron chi connectivity index (χ0n) is 21.5. The molecule has 0 fully saturated rings. The fourth-order valence-electron chi connectivity index (χ4n) is 4.11. The molecule has 0 unspecified atom stereocenters.